The van der Waals surface area contributed by atoms with Crippen molar-refractivity contribution in [3.8, 4) is 0 Å². The predicted molar refractivity (Wildman–Crippen MR) is 49.7 cm³/mol. The molecule has 0 aromatic carbocycles. The Hall–Kier alpha value is -0.540. The van der Waals surface area contributed by atoms with E-state index in [1.54, 1.807) is 6.08 Å². The topological polar surface area (TPSA) is 40.5 Å². The highest BCUT2D eigenvalue weighted by Crippen LogP contribution is 2.24. The van der Waals surface area contributed by atoms with Crippen molar-refractivity contribution in [2.45, 2.75) is 18.9 Å². The van der Waals surface area contributed by atoms with Crippen LogP contribution in [0.4, 0.5) is 0 Å². The van der Waals surface area contributed by atoms with Crippen LogP contribution < -0.4 is 0 Å². The van der Waals surface area contributed by atoms with Crippen LogP contribution in [0.15, 0.2) is 12.2 Å². The number of halogens is 1. The van der Waals surface area contributed by atoms with Crippen LogP contribution in [-0.4, -0.2) is 35.6 Å². The van der Waals surface area contributed by atoms with Gasteiger partial charge < -0.3 is 5.11 Å². The van der Waals surface area contributed by atoms with Crippen molar-refractivity contribution in [3.63, 3.8) is 0 Å². The lowest BCUT2D eigenvalue weighted by molar-refractivity contribution is -0.131. The van der Waals surface area contributed by atoms with Gasteiger partial charge in [-0.1, -0.05) is 6.08 Å². The first-order chi connectivity index (χ1) is 5.20. The standard InChI is InChI=1S/C8H13NO2.ClH/c1-9(7-4-5-7)6-2-3-8(10)11;/h2-3,7H,4-6H2,1H3,(H,10,11);1H/b3-2+;. The van der Waals surface area contributed by atoms with E-state index in [-0.39, 0.29) is 12.4 Å². The molecule has 1 fully saturated rings. The molecule has 0 saturated heterocycles. The molecule has 4 heteroatoms. The normalized spacial score (nSPS) is 16.5. The van der Waals surface area contributed by atoms with Crippen molar-refractivity contribution < 1.29 is 9.90 Å². The first-order valence-corrected chi connectivity index (χ1v) is 3.80. The van der Waals surface area contributed by atoms with E-state index in [0.29, 0.717) is 6.04 Å². The maximum absolute atomic E-state index is 10.1. The summed E-state index contributed by atoms with van der Waals surface area (Å²) in [4.78, 5) is 12.2. The summed E-state index contributed by atoms with van der Waals surface area (Å²) in [6.07, 6.45) is 5.40. The highest BCUT2D eigenvalue weighted by Gasteiger charge is 2.24. The van der Waals surface area contributed by atoms with E-state index < -0.39 is 5.97 Å². The number of carbonyl (C=O) groups is 1. The lowest BCUT2D eigenvalue weighted by atomic mass is 10.4. The fourth-order valence-electron chi connectivity index (χ4n) is 0.984. The summed E-state index contributed by atoms with van der Waals surface area (Å²) in [6.45, 7) is 0.747. The molecule has 0 bridgehead atoms. The molecule has 0 radical (unpaired) electrons. The molecule has 1 saturated carbocycles. The van der Waals surface area contributed by atoms with Gasteiger partial charge in [0.25, 0.3) is 0 Å². The van der Waals surface area contributed by atoms with Gasteiger partial charge in [-0.25, -0.2) is 4.79 Å². The molecule has 0 aromatic heterocycles. The summed E-state index contributed by atoms with van der Waals surface area (Å²) in [7, 11) is 2.02. The third-order valence-corrected chi connectivity index (χ3v) is 1.82. The quantitative estimate of drug-likeness (QED) is 0.678. The van der Waals surface area contributed by atoms with Gasteiger partial charge >= 0.3 is 5.97 Å². The number of hydrogen-bond donors (Lipinski definition) is 1. The average Bonchev–Trinajstić information content (AvgIpc) is 2.66. The van der Waals surface area contributed by atoms with Crippen LogP contribution in [0.1, 0.15) is 12.8 Å². The van der Waals surface area contributed by atoms with Crippen molar-refractivity contribution in [1.29, 1.82) is 0 Å². The SMILES string of the molecule is CN(C/C=C/C(=O)O)C1CC1.Cl. The smallest absolute Gasteiger partial charge is 0.328 e. The lowest BCUT2D eigenvalue weighted by Crippen LogP contribution is -2.20. The Labute approximate surface area is 78.5 Å². The minimum Gasteiger partial charge on any atom is -0.478 e. The predicted octanol–water partition coefficient (Wildman–Crippen LogP) is 1.14. The Bertz CT molecular complexity index is 178. The van der Waals surface area contributed by atoms with Gasteiger partial charge in [0.05, 0.1) is 0 Å². The molecule has 1 N–H and O–H groups in total. The van der Waals surface area contributed by atoms with Gasteiger partial charge in [-0.2, -0.15) is 0 Å². The Morgan fingerprint density at radius 2 is 2.25 bits per heavy atom. The van der Waals surface area contributed by atoms with Crippen molar-refractivity contribution in [2.75, 3.05) is 13.6 Å². The molecule has 0 aromatic rings. The molecule has 0 unspecified atom stereocenters. The summed E-state index contributed by atoms with van der Waals surface area (Å²) in [5, 5.41) is 8.28. The monoisotopic (exact) mass is 191 g/mol. The van der Waals surface area contributed by atoms with E-state index in [4.69, 9.17) is 5.11 Å². The van der Waals surface area contributed by atoms with E-state index in [2.05, 4.69) is 4.90 Å². The summed E-state index contributed by atoms with van der Waals surface area (Å²) in [5.41, 5.74) is 0. The number of hydrogen-bond acceptors (Lipinski definition) is 2. The Morgan fingerprint density at radius 3 is 2.67 bits per heavy atom. The van der Waals surface area contributed by atoms with Crippen molar-refractivity contribution in [3.05, 3.63) is 12.2 Å². The lowest BCUT2D eigenvalue weighted by Gasteiger charge is -2.11. The molecule has 0 spiro atoms. The zero-order chi connectivity index (χ0) is 8.27. The number of nitrogens with zero attached hydrogens (tertiary/aromatic N) is 1. The van der Waals surface area contributed by atoms with Gasteiger partial charge in [-0.15, -0.1) is 12.4 Å². The zero-order valence-corrected chi connectivity index (χ0v) is 7.88. The Kier molecular flexibility index (Phi) is 4.93. The van der Waals surface area contributed by atoms with Crippen LogP contribution in [0.3, 0.4) is 0 Å². The number of rotatable bonds is 4. The van der Waals surface area contributed by atoms with Crippen LogP contribution in [0, 0.1) is 0 Å². The minimum absolute atomic E-state index is 0. The Morgan fingerprint density at radius 1 is 1.67 bits per heavy atom. The third-order valence-electron chi connectivity index (χ3n) is 1.82. The summed E-state index contributed by atoms with van der Waals surface area (Å²) in [5.74, 6) is -0.866. The molecular formula is C8H14ClNO2. The third kappa shape index (κ3) is 4.36. The number of aliphatic carboxylic acids is 1. The number of carboxylic acid groups (broad SMARTS) is 1. The van der Waals surface area contributed by atoms with E-state index in [1.165, 1.54) is 18.9 Å². The van der Waals surface area contributed by atoms with Gasteiger partial charge in [0.15, 0.2) is 0 Å². The second-order valence-corrected chi connectivity index (χ2v) is 2.91. The van der Waals surface area contributed by atoms with Gasteiger partial charge in [-0.05, 0) is 19.9 Å². The first-order valence-electron chi connectivity index (χ1n) is 3.80. The molecular weight excluding hydrogens is 178 g/mol. The molecule has 3 nitrogen and oxygen atoms in total. The second kappa shape index (κ2) is 5.17. The maximum Gasteiger partial charge on any atom is 0.328 e. The van der Waals surface area contributed by atoms with Gasteiger partial charge in [0.2, 0.25) is 0 Å². The average molecular weight is 192 g/mol. The second-order valence-electron chi connectivity index (χ2n) is 2.91. The fourth-order valence-corrected chi connectivity index (χ4v) is 0.984. The first kappa shape index (κ1) is 11.5. The molecule has 70 valence electrons. The van der Waals surface area contributed by atoms with Crippen molar-refractivity contribution >= 4 is 18.4 Å². The van der Waals surface area contributed by atoms with Crippen LogP contribution >= 0.6 is 12.4 Å². The highest BCUT2D eigenvalue weighted by atomic mass is 35.5. The fraction of sp³-hybridized carbons (Fsp3) is 0.625. The zero-order valence-electron chi connectivity index (χ0n) is 7.06. The van der Waals surface area contributed by atoms with Gasteiger partial charge in [0, 0.05) is 18.7 Å². The molecule has 1 rings (SSSR count). The maximum atomic E-state index is 10.1. The largest absolute Gasteiger partial charge is 0.478 e. The van der Waals surface area contributed by atoms with Crippen LogP contribution in [0.25, 0.3) is 0 Å². The van der Waals surface area contributed by atoms with Crippen LogP contribution in [0.5, 0.6) is 0 Å². The summed E-state index contributed by atoms with van der Waals surface area (Å²) in [6, 6.07) is 0.702. The van der Waals surface area contributed by atoms with Crippen LogP contribution in [0.2, 0.25) is 0 Å². The van der Waals surface area contributed by atoms with Crippen molar-refractivity contribution in [2.24, 2.45) is 0 Å². The van der Waals surface area contributed by atoms with E-state index in [9.17, 15) is 4.79 Å². The molecule has 1 aliphatic rings. The molecule has 0 aliphatic heterocycles. The summed E-state index contributed by atoms with van der Waals surface area (Å²) >= 11 is 0. The number of likely N-dealkylation sites (N-methyl/N-ethyl adjacent to an activating group) is 1. The molecule has 0 amide bonds. The van der Waals surface area contributed by atoms with Crippen molar-refractivity contribution in [1.82, 2.24) is 4.90 Å². The summed E-state index contributed by atoms with van der Waals surface area (Å²) < 4.78 is 0. The molecule has 12 heavy (non-hydrogen) atoms. The molecule has 1 aliphatic carbocycles. The Balaban J connectivity index is 0.00000121. The molecule has 0 heterocycles. The number of carboxylic acids is 1. The highest BCUT2D eigenvalue weighted by molar-refractivity contribution is 5.85. The minimum atomic E-state index is -0.866. The van der Waals surface area contributed by atoms with Crippen LogP contribution in [-0.2, 0) is 4.79 Å². The van der Waals surface area contributed by atoms with Gasteiger partial charge in [0.1, 0.15) is 0 Å². The van der Waals surface area contributed by atoms with E-state index >= 15 is 0 Å². The van der Waals surface area contributed by atoms with E-state index in [1.807, 2.05) is 7.05 Å². The van der Waals surface area contributed by atoms with Gasteiger partial charge in [-0.3, -0.25) is 4.90 Å². The van der Waals surface area contributed by atoms with E-state index in [0.717, 1.165) is 6.54 Å². The molecule has 0 atom stereocenters.